The Morgan fingerprint density at radius 2 is 1.95 bits per heavy atom. The summed E-state index contributed by atoms with van der Waals surface area (Å²) >= 11 is 0. The van der Waals surface area contributed by atoms with Gasteiger partial charge in [0, 0.05) is 38.6 Å². The third-order valence-electron chi connectivity index (χ3n) is 3.11. The van der Waals surface area contributed by atoms with Crippen molar-refractivity contribution in [2.75, 3.05) is 44.4 Å². The average Bonchev–Trinajstić information content (AvgIpc) is 2.95. The van der Waals surface area contributed by atoms with Gasteiger partial charge in [0.05, 0.1) is 0 Å². The average molecular weight is 275 g/mol. The first-order valence-corrected chi connectivity index (χ1v) is 6.42. The van der Waals surface area contributed by atoms with Crippen LogP contribution in [0, 0.1) is 0 Å². The zero-order chi connectivity index (χ0) is 13.9. The number of aromatic nitrogens is 5. The molecular formula is C11H17N9. The Hall–Kier alpha value is -2.26. The van der Waals surface area contributed by atoms with Crippen LogP contribution in [0.15, 0.2) is 18.5 Å². The lowest BCUT2D eigenvalue weighted by Gasteiger charge is -2.32. The minimum Gasteiger partial charge on any atom is -0.368 e. The summed E-state index contributed by atoms with van der Waals surface area (Å²) in [5.74, 6) is 1.01. The van der Waals surface area contributed by atoms with Crippen LogP contribution < -0.4 is 11.2 Å². The minimum absolute atomic E-state index is 0.169. The summed E-state index contributed by atoms with van der Waals surface area (Å²) in [5.41, 5.74) is 8.89. The van der Waals surface area contributed by atoms with E-state index in [0.717, 1.165) is 26.2 Å². The lowest BCUT2D eigenvalue weighted by atomic mass is 10.4. The van der Waals surface area contributed by atoms with E-state index >= 15 is 0 Å². The number of likely N-dealkylation sites (N-methyl/N-ethyl adjacent to an activating group) is 1. The van der Waals surface area contributed by atoms with Gasteiger partial charge >= 0.3 is 0 Å². The smallest absolute Gasteiger partial charge is 0.257 e. The van der Waals surface area contributed by atoms with Crippen LogP contribution >= 0.6 is 0 Å². The second kappa shape index (κ2) is 5.39. The normalized spacial score (nSPS) is 17.2. The van der Waals surface area contributed by atoms with Gasteiger partial charge in [-0.1, -0.05) is 0 Å². The second-order valence-corrected chi connectivity index (χ2v) is 4.67. The Labute approximate surface area is 116 Å². The Morgan fingerprint density at radius 1 is 1.15 bits per heavy atom. The van der Waals surface area contributed by atoms with Gasteiger partial charge < -0.3 is 10.6 Å². The highest BCUT2D eigenvalue weighted by Crippen LogP contribution is 2.08. The first kappa shape index (κ1) is 12.8. The Balaban J connectivity index is 1.76. The van der Waals surface area contributed by atoms with E-state index in [0.29, 0.717) is 11.9 Å². The van der Waals surface area contributed by atoms with E-state index in [4.69, 9.17) is 5.73 Å². The molecule has 1 fully saturated rings. The summed E-state index contributed by atoms with van der Waals surface area (Å²) in [5, 5.41) is 6.16. The van der Waals surface area contributed by atoms with Gasteiger partial charge in [-0.3, -0.25) is 5.43 Å². The summed E-state index contributed by atoms with van der Waals surface area (Å²) in [4.78, 5) is 14.8. The van der Waals surface area contributed by atoms with Crippen LogP contribution in [0.1, 0.15) is 0 Å². The first-order valence-electron chi connectivity index (χ1n) is 6.42. The van der Waals surface area contributed by atoms with E-state index < -0.39 is 0 Å². The Morgan fingerprint density at radius 3 is 2.65 bits per heavy atom. The van der Waals surface area contributed by atoms with Crippen LogP contribution in [-0.4, -0.2) is 67.9 Å². The summed E-state index contributed by atoms with van der Waals surface area (Å²) in [7, 11) is 2.11. The zero-order valence-corrected chi connectivity index (χ0v) is 11.3. The molecule has 0 aromatic carbocycles. The molecule has 1 saturated heterocycles. The molecule has 2 aromatic rings. The van der Waals surface area contributed by atoms with E-state index in [9.17, 15) is 0 Å². The monoisotopic (exact) mass is 275 g/mol. The topological polar surface area (TPSA) is 101 Å². The molecule has 1 aliphatic rings. The lowest BCUT2D eigenvalue weighted by molar-refractivity contribution is 0.178. The maximum atomic E-state index is 5.72. The fourth-order valence-corrected chi connectivity index (χ4v) is 1.98. The molecular weight excluding hydrogens is 258 g/mol. The van der Waals surface area contributed by atoms with Crippen LogP contribution in [0.3, 0.4) is 0 Å². The largest absolute Gasteiger partial charge is 0.368 e. The summed E-state index contributed by atoms with van der Waals surface area (Å²) < 4.78 is 1.55. The quantitative estimate of drug-likeness (QED) is 0.752. The molecule has 20 heavy (non-hydrogen) atoms. The maximum absolute atomic E-state index is 5.72. The van der Waals surface area contributed by atoms with Gasteiger partial charge in [0.1, 0.15) is 0 Å². The molecule has 0 aliphatic carbocycles. The van der Waals surface area contributed by atoms with Gasteiger partial charge in [-0.15, -0.1) is 0 Å². The molecule has 0 radical (unpaired) electrons. The Bertz CT molecular complexity index is 559. The summed E-state index contributed by atoms with van der Waals surface area (Å²) in [6.45, 7) is 3.80. The van der Waals surface area contributed by atoms with Gasteiger partial charge in [-0.05, 0) is 13.1 Å². The second-order valence-electron chi connectivity index (χ2n) is 4.67. The van der Waals surface area contributed by atoms with Gasteiger partial charge in [0.25, 0.3) is 5.95 Å². The minimum atomic E-state index is 0.169. The highest BCUT2D eigenvalue weighted by molar-refractivity contribution is 5.34. The van der Waals surface area contributed by atoms with E-state index in [2.05, 4.69) is 42.4 Å². The molecule has 0 unspecified atom stereocenters. The molecule has 9 heteroatoms. The molecule has 3 rings (SSSR count). The van der Waals surface area contributed by atoms with Crippen molar-refractivity contribution >= 4 is 11.9 Å². The molecule has 9 nitrogen and oxygen atoms in total. The van der Waals surface area contributed by atoms with Crippen molar-refractivity contribution in [3.05, 3.63) is 18.5 Å². The van der Waals surface area contributed by atoms with Gasteiger partial charge in [0.15, 0.2) is 0 Å². The number of hydrogen-bond acceptors (Lipinski definition) is 8. The van der Waals surface area contributed by atoms with E-state index in [1.54, 1.807) is 23.1 Å². The highest BCUT2D eigenvalue weighted by atomic mass is 15.6. The van der Waals surface area contributed by atoms with Crippen LogP contribution in [0.25, 0.3) is 5.95 Å². The number of piperazine rings is 1. The fraction of sp³-hybridized carbons (Fsp3) is 0.455. The standard InChI is InChI=1S/C11H17N9/c1-18-5-7-19(8-6-18)17-10-14-9(12)15-11(16-10)20-4-2-3-13-20/h2-4H,5-8H2,1H3,(H3,12,14,15,16,17). The molecule has 1 aliphatic heterocycles. The Kier molecular flexibility index (Phi) is 3.44. The number of nitrogens with two attached hydrogens (primary N) is 1. The molecule has 106 valence electrons. The molecule has 0 amide bonds. The van der Waals surface area contributed by atoms with Gasteiger partial charge in [-0.2, -0.15) is 20.1 Å². The molecule has 0 saturated carbocycles. The van der Waals surface area contributed by atoms with Crippen molar-refractivity contribution in [1.82, 2.24) is 34.6 Å². The third-order valence-corrected chi connectivity index (χ3v) is 3.11. The summed E-state index contributed by atoms with van der Waals surface area (Å²) in [6.07, 6.45) is 3.42. The third kappa shape index (κ3) is 2.83. The predicted octanol–water partition coefficient (Wildman–Crippen LogP) is -0.786. The van der Waals surface area contributed by atoms with Gasteiger partial charge in [0.2, 0.25) is 11.9 Å². The van der Waals surface area contributed by atoms with Crippen molar-refractivity contribution in [3.63, 3.8) is 0 Å². The number of hydrazine groups is 1. The first-order chi connectivity index (χ1) is 9.70. The van der Waals surface area contributed by atoms with Crippen LogP contribution in [0.4, 0.5) is 11.9 Å². The fourth-order valence-electron chi connectivity index (χ4n) is 1.98. The number of nitrogens with one attached hydrogen (secondary N) is 1. The molecule has 0 spiro atoms. The van der Waals surface area contributed by atoms with Crippen LogP contribution in [0.5, 0.6) is 0 Å². The summed E-state index contributed by atoms with van der Waals surface area (Å²) in [6, 6.07) is 1.80. The van der Waals surface area contributed by atoms with Crippen molar-refractivity contribution in [3.8, 4) is 5.95 Å². The molecule has 2 aromatic heterocycles. The molecule has 0 bridgehead atoms. The van der Waals surface area contributed by atoms with Crippen molar-refractivity contribution in [1.29, 1.82) is 0 Å². The van der Waals surface area contributed by atoms with Crippen molar-refractivity contribution in [2.45, 2.75) is 0 Å². The number of nitrogens with zero attached hydrogens (tertiary/aromatic N) is 7. The van der Waals surface area contributed by atoms with E-state index in [1.807, 2.05) is 0 Å². The molecule has 0 atom stereocenters. The highest BCUT2D eigenvalue weighted by Gasteiger charge is 2.15. The maximum Gasteiger partial charge on any atom is 0.257 e. The van der Waals surface area contributed by atoms with E-state index in [1.165, 1.54) is 0 Å². The van der Waals surface area contributed by atoms with Gasteiger partial charge in [-0.25, -0.2) is 9.69 Å². The molecule has 3 heterocycles. The zero-order valence-electron chi connectivity index (χ0n) is 11.3. The van der Waals surface area contributed by atoms with E-state index in [-0.39, 0.29) is 5.95 Å². The SMILES string of the molecule is CN1CCN(Nc2nc(N)nc(-n3cccn3)n2)CC1. The molecule has 3 N–H and O–H groups in total. The predicted molar refractivity (Wildman–Crippen MR) is 74.1 cm³/mol. The van der Waals surface area contributed by atoms with Crippen LogP contribution in [0.2, 0.25) is 0 Å². The number of rotatable bonds is 3. The number of hydrogen-bond donors (Lipinski definition) is 2. The van der Waals surface area contributed by atoms with Crippen molar-refractivity contribution in [2.24, 2.45) is 0 Å². The van der Waals surface area contributed by atoms with Crippen LogP contribution in [-0.2, 0) is 0 Å². The van der Waals surface area contributed by atoms with Crippen molar-refractivity contribution < 1.29 is 0 Å². The lowest BCUT2D eigenvalue weighted by Crippen LogP contribution is -2.47. The number of anilines is 2. The number of nitrogen functional groups attached to an aromatic ring is 1.